The summed E-state index contributed by atoms with van der Waals surface area (Å²) in [5.74, 6) is -0.947. The van der Waals surface area contributed by atoms with E-state index in [-0.39, 0.29) is 17.7 Å². The van der Waals surface area contributed by atoms with Crippen molar-refractivity contribution in [2.45, 2.75) is 47.1 Å². The van der Waals surface area contributed by atoms with Crippen molar-refractivity contribution in [2.75, 3.05) is 5.75 Å². The summed E-state index contributed by atoms with van der Waals surface area (Å²) in [7, 11) is -4.13. The fourth-order valence-corrected chi connectivity index (χ4v) is 2.82. The Hall–Kier alpha value is -0.880. The van der Waals surface area contributed by atoms with Gasteiger partial charge in [0.25, 0.3) is 10.1 Å². The minimum Gasteiger partial charge on any atom is -0.350 e. The van der Waals surface area contributed by atoms with E-state index in [0.29, 0.717) is 0 Å². The van der Waals surface area contributed by atoms with Gasteiger partial charge in [-0.05, 0) is 33.6 Å². The fraction of sp³-hybridized carbons (Fsp3) is 0.769. The molecule has 0 spiro atoms. The van der Waals surface area contributed by atoms with Gasteiger partial charge in [-0.15, -0.1) is 0 Å². The van der Waals surface area contributed by atoms with Gasteiger partial charge in [-0.2, -0.15) is 8.42 Å². The molecule has 0 aromatic carbocycles. The van der Waals surface area contributed by atoms with Gasteiger partial charge >= 0.3 is 0 Å². The van der Waals surface area contributed by atoms with Crippen LogP contribution in [0.25, 0.3) is 0 Å². The van der Waals surface area contributed by atoms with Crippen LogP contribution < -0.4 is 5.32 Å². The van der Waals surface area contributed by atoms with E-state index in [1.165, 1.54) is 0 Å². The molecule has 0 aliphatic carbocycles. The highest BCUT2D eigenvalue weighted by atomic mass is 32.2. The van der Waals surface area contributed by atoms with Crippen LogP contribution in [-0.2, 0) is 14.9 Å². The predicted molar refractivity (Wildman–Crippen MR) is 76.4 cm³/mol. The Bertz CT molecular complexity index is 445. The van der Waals surface area contributed by atoms with Crippen LogP contribution in [0.5, 0.6) is 0 Å². The second kappa shape index (κ2) is 6.52. The third kappa shape index (κ3) is 8.00. The number of hydrogen-bond donors (Lipinski definition) is 2. The molecule has 0 bridgehead atoms. The lowest BCUT2D eigenvalue weighted by Gasteiger charge is -2.28. The maximum atomic E-state index is 12.2. The van der Waals surface area contributed by atoms with E-state index in [1.807, 2.05) is 33.8 Å². The first-order valence-electron chi connectivity index (χ1n) is 6.26. The van der Waals surface area contributed by atoms with Crippen molar-refractivity contribution in [3.63, 3.8) is 0 Å². The van der Waals surface area contributed by atoms with Gasteiger partial charge in [0.15, 0.2) is 0 Å². The molecular formula is C13H25NO4S. The quantitative estimate of drug-likeness (QED) is 0.579. The number of amides is 1. The third-order valence-corrected chi connectivity index (χ3v) is 3.63. The molecule has 0 aliphatic rings. The SMILES string of the molecule is CC(C)=CC(C(=O)NC(C)(C)CS(=O)(=O)O)C(C)C. The summed E-state index contributed by atoms with van der Waals surface area (Å²) in [4.78, 5) is 12.2. The number of carbonyl (C=O) groups is 1. The van der Waals surface area contributed by atoms with Crippen LogP contribution in [0.2, 0.25) is 0 Å². The molecule has 0 saturated heterocycles. The van der Waals surface area contributed by atoms with Gasteiger partial charge in [0, 0.05) is 0 Å². The van der Waals surface area contributed by atoms with Gasteiger partial charge in [0.1, 0.15) is 0 Å². The van der Waals surface area contributed by atoms with E-state index < -0.39 is 21.4 Å². The predicted octanol–water partition coefficient (Wildman–Crippen LogP) is 2.01. The smallest absolute Gasteiger partial charge is 0.267 e. The van der Waals surface area contributed by atoms with E-state index in [2.05, 4.69) is 5.32 Å². The van der Waals surface area contributed by atoms with E-state index in [9.17, 15) is 13.2 Å². The Morgan fingerprint density at radius 1 is 1.32 bits per heavy atom. The van der Waals surface area contributed by atoms with Crippen molar-refractivity contribution in [1.82, 2.24) is 5.32 Å². The summed E-state index contributed by atoms with van der Waals surface area (Å²) in [5, 5.41) is 2.68. The Kier molecular flexibility index (Phi) is 6.22. The van der Waals surface area contributed by atoms with Crippen LogP contribution in [0.3, 0.4) is 0 Å². The average Bonchev–Trinajstić information content (AvgIpc) is 2.07. The first kappa shape index (κ1) is 18.1. The fourth-order valence-electron chi connectivity index (χ4n) is 1.84. The van der Waals surface area contributed by atoms with Gasteiger partial charge in [0.2, 0.25) is 5.91 Å². The molecule has 0 rings (SSSR count). The third-order valence-electron chi connectivity index (χ3n) is 2.54. The molecule has 0 saturated carbocycles. The van der Waals surface area contributed by atoms with Crippen molar-refractivity contribution in [3.05, 3.63) is 11.6 Å². The Morgan fingerprint density at radius 2 is 1.79 bits per heavy atom. The zero-order valence-electron chi connectivity index (χ0n) is 12.5. The molecule has 112 valence electrons. The average molecular weight is 291 g/mol. The van der Waals surface area contributed by atoms with Crippen LogP contribution in [0.4, 0.5) is 0 Å². The van der Waals surface area contributed by atoms with Crippen molar-refractivity contribution in [1.29, 1.82) is 0 Å². The second-order valence-electron chi connectivity index (χ2n) is 6.11. The van der Waals surface area contributed by atoms with Crippen LogP contribution in [0, 0.1) is 11.8 Å². The molecule has 6 heteroatoms. The van der Waals surface area contributed by atoms with Crippen LogP contribution >= 0.6 is 0 Å². The topological polar surface area (TPSA) is 83.5 Å². The van der Waals surface area contributed by atoms with E-state index >= 15 is 0 Å². The molecule has 0 aromatic rings. The summed E-state index contributed by atoms with van der Waals surface area (Å²) in [6.45, 7) is 10.8. The van der Waals surface area contributed by atoms with E-state index in [4.69, 9.17) is 4.55 Å². The lowest BCUT2D eigenvalue weighted by atomic mass is 9.92. The molecule has 1 unspecified atom stereocenters. The number of carbonyl (C=O) groups excluding carboxylic acids is 1. The number of hydrogen-bond acceptors (Lipinski definition) is 3. The summed E-state index contributed by atoms with van der Waals surface area (Å²) in [5.41, 5.74) is 0.0225. The number of rotatable bonds is 6. The molecule has 2 N–H and O–H groups in total. The van der Waals surface area contributed by atoms with E-state index in [1.54, 1.807) is 13.8 Å². The monoisotopic (exact) mass is 291 g/mol. The molecule has 1 amide bonds. The highest BCUT2D eigenvalue weighted by Crippen LogP contribution is 2.17. The van der Waals surface area contributed by atoms with Crippen molar-refractivity contribution in [2.24, 2.45) is 11.8 Å². The van der Waals surface area contributed by atoms with Gasteiger partial charge in [0.05, 0.1) is 17.2 Å². The lowest BCUT2D eigenvalue weighted by molar-refractivity contribution is -0.126. The maximum absolute atomic E-state index is 12.2. The minimum atomic E-state index is -4.13. The highest BCUT2D eigenvalue weighted by molar-refractivity contribution is 7.85. The molecule has 0 aliphatic heterocycles. The minimum absolute atomic E-state index is 0.108. The van der Waals surface area contributed by atoms with Gasteiger partial charge < -0.3 is 5.32 Å². The Morgan fingerprint density at radius 3 is 2.11 bits per heavy atom. The van der Waals surface area contributed by atoms with Crippen LogP contribution in [0.1, 0.15) is 41.5 Å². The Labute approximate surface area is 116 Å². The molecule has 19 heavy (non-hydrogen) atoms. The molecule has 1 atom stereocenters. The summed E-state index contributed by atoms with van der Waals surface area (Å²) in [6.07, 6.45) is 1.86. The van der Waals surface area contributed by atoms with E-state index in [0.717, 1.165) is 5.57 Å². The highest BCUT2D eigenvalue weighted by Gasteiger charge is 2.30. The second-order valence-corrected chi connectivity index (χ2v) is 7.57. The van der Waals surface area contributed by atoms with Gasteiger partial charge in [-0.25, -0.2) is 0 Å². The number of nitrogens with one attached hydrogen (secondary N) is 1. The standard InChI is InChI=1S/C13H25NO4S/c1-9(2)7-11(10(3)4)12(15)14-13(5,6)8-19(16,17)18/h7,10-11H,8H2,1-6H3,(H,14,15)(H,16,17,18). The molecule has 5 nitrogen and oxygen atoms in total. The van der Waals surface area contributed by atoms with Gasteiger partial charge in [-0.1, -0.05) is 25.5 Å². The van der Waals surface area contributed by atoms with Crippen LogP contribution in [0.15, 0.2) is 11.6 Å². The molecule has 0 aromatic heterocycles. The van der Waals surface area contributed by atoms with Crippen molar-refractivity contribution in [3.8, 4) is 0 Å². The first-order chi connectivity index (χ1) is 8.34. The largest absolute Gasteiger partial charge is 0.350 e. The normalized spacial score (nSPS) is 14.1. The van der Waals surface area contributed by atoms with Crippen molar-refractivity contribution >= 4 is 16.0 Å². The summed E-state index contributed by atoms with van der Waals surface area (Å²) in [6, 6.07) is 0. The maximum Gasteiger partial charge on any atom is 0.267 e. The van der Waals surface area contributed by atoms with Crippen molar-refractivity contribution < 1.29 is 17.8 Å². The molecule has 0 radical (unpaired) electrons. The molecular weight excluding hydrogens is 266 g/mol. The molecule has 0 heterocycles. The number of allylic oxidation sites excluding steroid dienone is 1. The first-order valence-corrected chi connectivity index (χ1v) is 7.87. The zero-order chi connectivity index (χ0) is 15.4. The zero-order valence-corrected chi connectivity index (χ0v) is 13.3. The van der Waals surface area contributed by atoms with Crippen LogP contribution in [-0.4, -0.2) is 30.2 Å². The lowest BCUT2D eigenvalue weighted by Crippen LogP contribution is -2.50. The van der Waals surface area contributed by atoms with Gasteiger partial charge in [-0.3, -0.25) is 9.35 Å². The summed E-state index contributed by atoms with van der Waals surface area (Å²) >= 11 is 0. The molecule has 0 fully saturated rings. The Balaban J connectivity index is 4.96. The summed E-state index contributed by atoms with van der Waals surface area (Å²) < 4.78 is 30.7.